The van der Waals surface area contributed by atoms with Crippen LogP contribution in [0.2, 0.25) is 0 Å². The molecule has 2 aliphatic carbocycles. The van der Waals surface area contributed by atoms with Crippen molar-refractivity contribution in [1.29, 1.82) is 0 Å². The van der Waals surface area contributed by atoms with Crippen LogP contribution in [0.15, 0.2) is 36.4 Å². The van der Waals surface area contributed by atoms with Crippen molar-refractivity contribution in [2.75, 3.05) is 11.9 Å². The number of nitrogens with zero attached hydrogens (tertiary/aromatic N) is 2. The number of halogens is 5. The Morgan fingerprint density at radius 2 is 1.74 bits per heavy atom. The van der Waals surface area contributed by atoms with Crippen LogP contribution in [0.25, 0.3) is 0 Å². The lowest BCUT2D eigenvalue weighted by atomic mass is 9.85. The zero-order valence-corrected chi connectivity index (χ0v) is 30.9. The number of fused-ring (bicyclic) bond motifs is 1. The second-order valence-electron chi connectivity index (χ2n) is 15.6. The number of ether oxygens (including phenoxy) is 1. The molecule has 0 spiro atoms. The molecule has 2 heterocycles. The molecule has 294 valence electrons. The van der Waals surface area contributed by atoms with Gasteiger partial charge in [0.1, 0.15) is 35.4 Å². The largest absolute Gasteiger partial charge is 0.444 e. The van der Waals surface area contributed by atoms with Crippen molar-refractivity contribution in [2.45, 2.75) is 108 Å². The lowest BCUT2D eigenvalue weighted by Crippen LogP contribution is -2.58. The van der Waals surface area contributed by atoms with E-state index in [1.54, 1.807) is 33.8 Å². The summed E-state index contributed by atoms with van der Waals surface area (Å²) in [4.78, 5) is 57.8. The third-order valence-corrected chi connectivity index (χ3v) is 12.3. The van der Waals surface area contributed by atoms with Crippen molar-refractivity contribution < 1.29 is 54.3 Å². The van der Waals surface area contributed by atoms with Gasteiger partial charge < -0.3 is 20.3 Å². The highest BCUT2D eigenvalue weighted by atomic mass is 32.2. The van der Waals surface area contributed by atoms with Crippen LogP contribution in [-0.4, -0.2) is 77.6 Å². The first-order valence-electron chi connectivity index (χ1n) is 17.7. The van der Waals surface area contributed by atoms with E-state index >= 15 is 0 Å². The number of hydrogen-bond acceptors (Lipinski definition) is 8. The highest BCUT2D eigenvalue weighted by Crippen LogP contribution is 2.47. The summed E-state index contributed by atoms with van der Waals surface area (Å²) in [7, 11) is -3.97. The number of sulfonamides is 1. The molecule has 6 rings (SSSR count). The first-order chi connectivity index (χ1) is 25.1. The van der Waals surface area contributed by atoms with Gasteiger partial charge in [-0.3, -0.25) is 24.0 Å². The molecule has 2 aromatic carbocycles. The summed E-state index contributed by atoms with van der Waals surface area (Å²) in [6, 6.07) is 3.46. The molecule has 3 N–H and O–H groups in total. The molecule has 4 amide bonds. The molecule has 4 aliphatic rings. The second kappa shape index (κ2) is 14.0. The Morgan fingerprint density at radius 1 is 1.04 bits per heavy atom. The van der Waals surface area contributed by atoms with Gasteiger partial charge >= 0.3 is 12.3 Å². The molecule has 54 heavy (non-hydrogen) atoms. The van der Waals surface area contributed by atoms with Gasteiger partial charge in [-0.25, -0.2) is 22.0 Å². The van der Waals surface area contributed by atoms with Gasteiger partial charge in [0.2, 0.25) is 21.8 Å². The number of likely N-dealkylation sites (tertiary alicyclic amines) is 1. The van der Waals surface area contributed by atoms with Crippen LogP contribution in [0.4, 0.5) is 32.4 Å². The zero-order valence-electron chi connectivity index (χ0n) is 30.1. The second-order valence-corrected chi connectivity index (χ2v) is 17.6. The fourth-order valence-corrected chi connectivity index (χ4v) is 8.58. The quantitative estimate of drug-likeness (QED) is 0.290. The molecule has 12 nitrogen and oxygen atoms in total. The van der Waals surface area contributed by atoms with E-state index in [9.17, 15) is 49.5 Å². The van der Waals surface area contributed by atoms with Crippen LogP contribution in [0, 0.1) is 23.0 Å². The van der Waals surface area contributed by atoms with Crippen molar-refractivity contribution in [3.63, 3.8) is 0 Å². The van der Waals surface area contributed by atoms with E-state index in [0.29, 0.717) is 42.5 Å². The van der Waals surface area contributed by atoms with Gasteiger partial charge in [-0.15, -0.1) is 0 Å². The van der Waals surface area contributed by atoms with Crippen LogP contribution in [-0.2, 0) is 48.4 Å². The molecule has 0 radical (unpaired) electrons. The first kappa shape index (κ1) is 39.2. The Balaban J connectivity index is 1.27. The number of rotatable bonds is 10. The lowest BCUT2D eigenvalue weighted by molar-refractivity contribution is -0.141. The fraction of sp³-hybridized carbons (Fsp3) is 0.556. The molecule has 0 unspecified atom stereocenters. The van der Waals surface area contributed by atoms with E-state index in [-0.39, 0.29) is 38.2 Å². The monoisotopic (exact) mass is 783 g/mol. The van der Waals surface area contributed by atoms with E-state index in [2.05, 4.69) is 15.4 Å². The SMILES string of the molecule is CC[C@@H]1C[C@]1(NC(=O)[C@@H]1C[C@@H](OC(=O)N2Cc3cccc(F)c3C2)CN1C(=O)[C@@H](Nc1cc(F)cc(C(F)(F)F)c1)C(C)(C)C)C(=O)NS(=O)(=O)C1CC1. The van der Waals surface area contributed by atoms with Crippen LogP contribution in [0.1, 0.15) is 76.5 Å². The average molecular weight is 784 g/mol. The summed E-state index contributed by atoms with van der Waals surface area (Å²) in [6.45, 7) is 6.20. The molecule has 2 aromatic rings. The standard InChI is InChI=1S/C36H42F5N5O7S/c1-5-20-15-35(20,32(49)44-54(51,52)25-9-10-25)43-30(47)28-14-24(53-33(50)45-16-19-7-6-8-27(38)26(19)18-45)17-46(28)31(48)29(34(2,3)4)42-23-12-21(36(39,40)41)11-22(37)13-23/h6-8,11-13,20,24-25,28-29,42H,5,9-10,14-18H2,1-4H3,(H,43,47)(H,44,49)/t20-,24-,28+,29-,35-/m1/s1. The third kappa shape index (κ3) is 7.98. The predicted octanol–water partition coefficient (Wildman–Crippen LogP) is 4.83. The summed E-state index contributed by atoms with van der Waals surface area (Å²) in [5.41, 5.74) is -3.38. The van der Waals surface area contributed by atoms with Crippen molar-refractivity contribution in [3.05, 3.63) is 64.7 Å². The minimum atomic E-state index is -4.89. The number of carbonyl (C=O) groups is 4. The van der Waals surface area contributed by atoms with Crippen LogP contribution >= 0.6 is 0 Å². The van der Waals surface area contributed by atoms with Gasteiger partial charge in [0.05, 0.1) is 23.9 Å². The molecular formula is C36H42F5N5O7S. The number of anilines is 1. The predicted molar refractivity (Wildman–Crippen MR) is 184 cm³/mol. The maximum atomic E-state index is 14.5. The number of nitrogens with one attached hydrogen (secondary N) is 3. The lowest BCUT2D eigenvalue weighted by Gasteiger charge is -2.36. The van der Waals surface area contributed by atoms with Gasteiger partial charge in [0.25, 0.3) is 5.91 Å². The fourth-order valence-electron chi connectivity index (χ4n) is 7.22. The summed E-state index contributed by atoms with van der Waals surface area (Å²) < 4.78 is 103. The Kier molecular flexibility index (Phi) is 10.2. The summed E-state index contributed by atoms with van der Waals surface area (Å²) in [5.74, 6) is -4.67. The van der Waals surface area contributed by atoms with Gasteiger partial charge in [0.15, 0.2) is 0 Å². The minimum absolute atomic E-state index is 0.0502. The van der Waals surface area contributed by atoms with Gasteiger partial charge in [-0.1, -0.05) is 46.2 Å². The molecule has 2 aliphatic heterocycles. The number of alkyl halides is 3. The zero-order chi connectivity index (χ0) is 39.5. The van der Waals surface area contributed by atoms with Crippen LogP contribution in [0.3, 0.4) is 0 Å². The molecule has 18 heteroatoms. The molecular weight excluding hydrogens is 741 g/mol. The molecule has 0 bridgehead atoms. The van der Waals surface area contributed by atoms with E-state index in [1.807, 2.05) is 0 Å². The summed E-state index contributed by atoms with van der Waals surface area (Å²) >= 11 is 0. The number of carbonyl (C=O) groups excluding carboxylic acids is 4. The highest BCUT2D eigenvalue weighted by molar-refractivity contribution is 7.91. The topological polar surface area (TPSA) is 154 Å². The van der Waals surface area contributed by atoms with Crippen molar-refractivity contribution >= 4 is 39.5 Å². The van der Waals surface area contributed by atoms with Gasteiger partial charge in [0, 0.05) is 24.2 Å². The Labute approximate surface area is 309 Å². The smallest absolute Gasteiger partial charge is 0.416 e. The first-order valence-corrected chi connectivity index (χ1v) is 19.2. The molecule has 2 saturated carbocycles. The Morgan fingerprint density at radius 3 is 2.33 bits per heavy atom. The number of amides is 4. The maximum Gasteiger partial charge on any atom is 0.416 e. The normalized spacial score (nSPS) is 24.4. The van der Waals surface area contributed by atoms with Gasteiger partial charge in [-0.05, 0) is 60.4 Å². The maximum absolute atomic E-state index is 14.5. The van der Waals surface area contributed by atoms with Crippen molar-refractivity contribution in [3.8, 4) is 0 Å². The van der Waals surface area contributed by atoms with Gasteiger partial charge in [-0.2, -0.15) is 13.2 Å². The summed E-state index contributed by atoms with van der Waals surface area (Å²) in [6.07, 6.45) is -5.77. The van der Waals surface area contributed by atoms with E-state index < -0.39 is 97.5 Å². The van der Waals surface area contributed by atoms with E-state index in [0.717, 1.165) is 11.0 Å². The number of hydrogen-bond donors (Lipinski definition) is 3. The molecule has 1 saturated heterocycles. The van der Waals surface area contributed by atoms with Crippen molar-refractivity contribution in [2.24, 2.45) is 11.3 Å². The highest BCUT2D eigenvalue weighted by Gasteiger charge is 2.62. The van der Waals surface area contributed by atoms with Crippen LogP contribution in [0.5, 0.6) is 0 Å². The number of benzene rings is 2. The van der Waals surface area contributed by atoms with E-state index in [4.69, 9.17) is 4.74 Å². The Bertz CT molecular complexity index is 1970. The molecule has 3 fully saturated rings. The van der Waals surface area contributed by atoms with Crippen LogP contribution < -0.4 is 15.4 Å². The third-order valence-electron chi connectivity index (χ3n) is 10.5. The minimum Gasteiger partial charge on any atom is -0.444 e. The average Bonchev–Trinajstić information content (AvgIpc) is 3.96. The van der Waals surface area contributed by atoms with Crippen molar-refractivity contribution in [1.82, 2.24) is 19.8 Å². The Hall–Kier alpha value is -4.48. The summed E-state index contributed by atoms with van der Waals surface area (Å²) in [5, 5.41) is 4.69. The molecule has 0 aromatic heterocycles. The molecule has 5 atom stereocenters. The van der Waals surface area contributed by atoms with E-state index in [1.165, 1.54) is 17.0 Å².